The Balaban J connectivity index is 1.48. The van der Waals surface area contributed by atoms with Gasteiger partial charge in [-0.15, -0.1) is 0 Å². The van der Waals surface area contributed by atoms with E-state index in [1.165, 1.54) is 4.68 Å². The van der Waals surface area contributed by atoms with Crippen LogP contribution in [0.5, 0.6) is 5.75 Å². The van der Waals surface area contributed by atoms with Crippen LogP contribution in [0, 0.1) is 0 Å². The molecule has 1 N–H and O–H groups in total. The van der Waals surface area contributed by atoms with Gasteiger partial charge in [-0.3, -0.25) is 14.6 Å². The van der Waals surface area contributed by atoms with Gasteiger partial charge in [0.15, 0.2) is 5.69 Å². The summed E-state index contributed by atoms with van der Waals surface area (Å²) in [6, 6.07) is 20.4. The van der Waals surface area contributed by atoms with Crippen molar-refractivity contribution in [3.63, 3.8) is 0 Å². The van der Waals surface area contributed by atoms with Crippen LogP contribution in [0.25, 0.3) is 10.8 Å². The van der Waals surface area contributed by atoms with Crippen LogP contribution in [0.15, 0.2) is 77.7 Å². The fourth-order valence-electron chi connectivity index (χ4n) is 3.72. The van der Waals surface area contributed by atoms with Gasteiger partial charge >= 0.3 is 0 Å². The first-order valence-electron chi connectivity index (χ1n) is 11.6. The lowest BCUT2D eigenvalue weighted by Crippen LogP contribution is -2.30. The predicted molar refractivity (Wildman–Crippen MR) is 132 cm³/mol. The van der Waals surface area contributed by atoms with E-state index in [4.69, 9.17) is 4.74 Å². The molecule has 4 rings (SSSR count). The van der Waals surface area contributed by atoms with E-state index in [0.29, 0.717) is 36.2 Å². The van der Waals surface area contributed by atoms with Crippen molar-refractivity contribution in [1.29, 1.82) is 0 Å². The number of benzene rings is 2. The summed E-state index contributed by atoms with van der Waals surface area (Å²) in [7, 11) is 0. The fourth-order valence-corrected chi connectivity index (χ4v) is 3.72. The fraction of sp³-hybridized carbons (Fsp3) is 0.259. The van der Waals surface area contributed by atoms with Gasteiger partial charge < -0.3 is 10.1 Å². The lowest BCUT2D eigenvalue weighted by Gasteiger charge is -2.12. The minimum atomic E-state index is -0.319. The first kappa shape index (κ1) is 23.2. The quantitative estimate of drug-likeness (QED) is 0.355. The Hall–Kier alpha value is -4.00. The molecule has 0 saturated carbocycles. The number of fused-ring (bicyclic) bond motifs is 1. The topological polar surface area (TPSA) is 86.1 Å². The molecule has 34 heavy (non-hydrogen) atoms. The summed E-state index contributed by atoms with van der Waals surface area (Å²) in [6.07, 6.45) is 4.62. The zero-order valence-corrected chi connectivity index (χ0v) is 19.2. The van der Waals surface area contributed by atoms with Gasteiger partial charge in [-0.1, -0.05) is 56.2 Å². The van der Waals surface area contributed by atoms with Crippen LogP contribution in [-0.4, -0.2) is 20.7 Å². The third-order valence-electron chi connectivity index (χ3n) is 5.52. The number of hydrogen-bond donors (Lipinski definition) is 1. The molecule has 2 aromatic carbocycles. The molecule has 0 aliphatic heterocycles. The van der Waals surface area contributed by atoms with Crippen LogP contribution >= 0.6 is 0 Å². The maximum atomic E-state index is 13.1. The average molecular weight is 457 g/mol. The second-order valence-corrected chi connectivity index (χ2v) is 8.07. The van der Waals surface area contributed by atoms with Gasteiger partial charge in [0.05, 0.1) is 11.1 Å². The normalized spacial score (nSPS) is 10.9. The van der Waals surface area contributed by atoms with Crippen LogP contribution in [0.1, 0.15) is 47.9 Å². The molecule has 1 amide bonds. The van der Waals surface area contributed by atoms with Crippen molar-refractivity contribution < 1.29 is 9.53 Å². The molecule has 0 radical (unpaired) electrons. The van der Waals surface area contributed by atoms with E-state index in [0.717, 1.165) is 30.5 Å². The summed E-state index contributed by atoms with van der Waals surface area (Å²) < 4.78 is 7.25. The van der Waals surface area contributed by atoms with Gasteiger partial charge in [0.1, 0.15) is 12.4 Å². The number of nitrogens with zero attached hydrogens (tertiary/aromatic N) is 3. The summed E-state index contributed by atoms with van der Waals surface area (Å²) in [5, 5.41) is 8.43. The molecule has 0 fully saturated rings. The number of rotatable bonds is 10. The number of aromatic nitrogens is 3. The van der Waals surface area contributed by atoms with Gasteiger partial charge in [0.25, 0.3) is 11.5 Å². The Morgan fingerprint density at radius 3 is 2.62 bits per heavy atom. The summed E-state index contributed by atoms with van der Waals surface area (Å²) >= 11 is 0. The molecular weight excluding hydrogens is 428 g/mol. The van der Waals surface area contributed by atoms with E-state index in [2.05, 4.69) is 22.3 Å². The van der Waals surface area contributed by atoms with Crippen LogP contribution in [0.3, 0.4) is 0 Å². The second kappa shape index (κ2) is 11.2. The van der Waals surface area contributed by atoms with Crippen molar-refractivity contribution in [2.75, 3.05) is 0 Å². The number of pyridine rings is 1. The van der Waals surface area contributed by atoms with Gasteiger partial charge in [-0.25, -0.2) is 4.68 Å². The van der Waals surface area contributed by atoms with Crippen molar-refractivity contribution in [3.05, 3.63) is 100 Å². The van der Waals surface area contributed by atoms with E-state index < -0.39 is 0 Å². The molecule has 0 bridgehead atoms. The molecule has 4 aromatic rings. The van der Waals surface area contributed by atoms with Crippen LogP contribution in [-0.2, 0) is 19.7 Å². The predicted octanol–water partition coefficient (Wildman–Crippen LogP) is 4.49. The monoisotopic (exact) mass is 456 g/mol. The molecule has 2 heterocycles. The highest BCUT2D eigenvalue weighted by molar-refractivity contribution is 6.04. The Morgan fingerprint density at radius 2 is 1.82 bits per heavy atom. The molecule has 0 aliphatic carbocycles. The Labute approximate surface area is 198 Å². The molecule has 0 atom stereocenters. The molecule has 7 nitrogen and oxygen atoms in total. The highest BCUT2D eigenvalue weighted by Gasteiger charge is 2.16. The molecule has 0 saturated heterocycles. The number of carbonyl (C=O) groups is 1. The number of amides is 1. The van der Waals surface area contributed by atoms with Crippen molar-refractivity contribution in [2.24, 2.45) is 0 Å². The number of unbranched alkanes of at least 4 members (excludes halogenated alkanes) is 2. The standard InChI is InChI=1S/C27H28N4O3/c1-2-3-8-16-31-27(33)24-14-5-4-13-23(24)25(30-31)26(32)29-18-20-10-9-12-22(17-20)34-19-21-11-6-7-15-28-21/h4-7,9-15,17H,2-3,8,16,18-19H2,1H3,(H,29,32). The van der Waals surface area contributed by atoms with Crippen LogP contribution in [0.4, 0.5) is 0 Å². The van der Waals surface area contributed by atoms with Crippen molar-refractivity contribution >= 4 is 16.7 Å². The first-order valence-corrected chi connectivity index (χ1v) is 11.6. The molecule has 7 heteroatoms. The smallest absolute Gasteiger partial charge is 0.274 e. The summed E-state index contributed by atoms with van der Waals surface area (Å²) in [6.45, 7) is 3.28. The van der Waals surface area contributed by atoms with Crippen molar-refractivity contribution in [3.8, 4) is 5.75 Å². The highest BCUT2D eigenvalue weighted by atomic mass is 16.5. The minimum Gasteiger partial charge on any atom is -0.487 e. The third kappa shape index (κ3) is 5.67. The van der Waals surface area contributed by atoms with Gasteiger partial charge in [-0.2, -0.15) is 5.10 Å². The molecule has 0 aliphatic rings. The largest absolute Gasteiger partial charge is 0.487 e. The van der Waals surface area contributed by atoms with Crippen LogP contribution < -0.4 is 15.6 Å². The zero-order valence-electron chi connectivity index (χ0n) is 19.2. The molecule has 0 spiro atoms. The Bertz CT molecular complexity index is 1320. The van der Waals surface area contributed by atoms with Crippen molar-refractivity contribution in [2.45, 2.75) is 45.9 Å². The Kier molecular flexibility index (Phi) is 7.65. The second-order valence-electron chi connectivity index (χ2n) is 8.07. The van der Waals surface area contributed by atoms with Gasteiger partial charge in [0, 0.05) is 24.7 Å². The lowest BCUT2D eigenvalue weighted by molar-refractivity contribution is 0.0945. The third-order valence-corrected chi connectivity index (χ3v) is 5.52. The maximum Gasteiger partial charge on any atom is 0.274 e. The highest BCUT2D eigenvalue weighted by Crippen LogP contribution is 2.16. The molecular formula is C27H28N4O3. The van der Waals surface area contributed by atoms with E-state index >= 15 is 0 Å². The number of nitrogens with one attached hydrogen (secondary N) is 1. The number of ether oxygens (including phenoxy) is 1. The van der Waals surface area contributed by atoms with Crippen molar-refractivity contribution in [1.82, 2.24) is 20.1 Å². The van der Waals surface area contributed by atoms with E-state index in [1.54, 1.807) is 24.4 Å². The SMILES string of the molecule is CCCCCn1nc(C(=O)NCc2cccc(OCc3ccccn3)c2)c2ccccc2c1=O. The summed E-state index contributed by atoms with van der Waals surface area (Å²) in [4.78, 5) is 30.2. The van der Waals surface area contributed by atoms with E-state index in [-0.39, 0.29) is 17.2 Å². The van der Waals surface area contributed by atoms with E-state index in [1.807, 2.05) is 48.5 Å². The zero-order chi connectivity index (χ0) is 23.8. The van der Waals surface area contributed by atoms with Crippen LogP contribution in [0.2, 0.25) is 0 Å². The molecule has 0 unspecified atom stereocenters. The Morgan fingerprint density at radius 1 is 1.00 bits per heavy atom. The van der Waals surface area contributed by atoms with Gasteiger partial charge in [-0.05, 0) is 42.3 Å². The summed E-state index contributed by atoms with van der Waals surface area (Å²) in [5.41, 5.74) is 1.83. The number of hydrogen-bond acceptors (Lipinski definition) is 5. The minimum absolute atomic E-state index is 0.166. The molecule has 174 valence electrons. The first-order chi connectivity index (χ1) is 16.7. The lowest BCUT2D eigenvalue weighted by atomic mass is 10.1. The maximum absolute atomic E-state index is 13.1. The van der Waals surface area contributed by atoms with Gasteiger partial charge in [0.2, 0.25) is 0 Å². The molecule has 2 aromatic heterocycles. The summed E-state index contributed by atoms with van der Waals surface area (Å²) in [5.74, 6) is 0.380. The number of aryl methyl sites for hydroxylation is 1. The van der Waals surface area contributed by atoms with E-state index in [9.17, 15) is 9.59 Å². The number of carbonyl (C=O) groups excluding carboxylic acids is 1. The average Bonchev–Trinajstić information content (AvgIpc) is 2.88.